The van der Waals surface area contributed by atoms with Crippen molar-refractivity contribution in [1.29, 1.82) is 0 Å². The average Bonchev–Trinajstić information content (AvgIpc) is 2.14. The van der Waals surface area contributed by atoms with E-state index >= 15 is 0 Å². The van der Waals surface area contributed by atoms with Gasteiger partial charge in [0.15, 0.2) is 0 Å². The number of aromatic amines is 1. The Kier molecular flexibility index (Phi) is 1.47. The number of nitrogens with two attached hydrogens (primary N) is 1. The van der Waals surface area contributed by atoms with E-state index in [1.807, 2.05) is 12.3 Å². The van der Waals surface area contributed by atoms with Crippen LogP contribution in [0.2, 0.25) is 0 Å². The van der Waals surface area contributed by atoms with Gasteiger partial charge >= 0.3 is 0 Å². The normalized spacial score (nSPS) is 10.6. The summed E-state index contributed by atoms with van der Waals surface area (Å²) < 4.78 is 0. The molecular formula is C7H12N2. The van der Waals surface area contributed by atoms with Crippen LogP contribution in [-0.2, 0) is 0 Å². The third-order valence-electron chi connectivity index (χ3n) is 1.39. The van der Waals surface area contributed by atoms with E-state index in [0.717, 1.165) is 5.82 Å². The summed E-state index contributed by atoms with van der Waals surface area (Å²) in [6.07, 6.45) is 1.94. The number of hydrogen-bond acceptors (Lipinski definition) is 1. The third kappa shape index (κ3) is 1.25. The molecule has 0 saturated heterocycles. The zero-order chi connectivity index (χ0) is 6.85. The van der Waals surface area contributed by atoms with E-state index in [0.29, 0.717) is 5.92 Å². The lowest BCUT2D eigenvalue weighted by Crippen LogP contribution is -1.82. The summed E-state index contributed by atoms with van der Waals surface area (Å²) in [6.45, 7) is 4.28. The summed E-state index contributed by atoms with van der Waals surface area (Å²) in [4.78, 5) is 2.93. The number of rotatable bonds is 1. The van der Waals surface area contributed by atoms with Crippen molar-refractivity contribution >= 4 is 5.82 Å². The van der Waals surface area contributed by atoms with Gasteiger partial charge in [-0.05, 0) is 17.5 Å². The van der Waals surface area contributed by atoms with Crippen molar-refractivity contribution in [3.05, 3.63) is 17.8 Å². The quantitative estimate of drug-likeness (QED) is 0.588. The van der Waals surface area contributed by atoms with Gasteiger partial charge in [-0.15, -0.1) is 0 Å². The van der Waals surface area contributed by atoms with Crippen molar-refractivity contribution in [3.8, 4) is 0 Å². The van der Waals surface area contributed by atoms with Gasteiger partial charge in [0, 0.05) is 6.20 Å². The van der Waals surface area contributed by atoms with Crippen LogP contribution in [0.3, 0.4) is 0 Å². The molecule has 0 aliphatic carbocycles. The largest absolute Gasteiger partial charge is 0.385 e. The van der Waals surface area contributed by atoms with E-state index in [-0.39, 0.29) is 0 Å². The molecule has 1 rings (SSSR count). The minimum atomic E-state index is 0.568. The fraction of sp³-hybridized carbons (Fsp3) is 0.429. The number of H-pyrrole nitrogens is 1. The Morgan fingerprint density at radius 1 is 1.56 bits per heavy atom. The first kappa shape index (κ1) is 6.20. The Labute approximate surface area is 55.1 Å². The van der Waals surface area contributed by atoms with Crippen LogP contribution in [0.1, 0.15) is 25.3 Å². The second kappa shape index (κ2) is 2.13. The molecule has 0 amide bonds. The first-order chi connectivity index (χ1) is 4.20. The van der Waals surface area contributed by atoms with Gasteiger partial charge in [0.25, 0.3) is 0 Å². The van der Waals surface area contributed by atoms with Crippen LogP contribution in [0.25, 0.3) is 0 Å². The van der Waals surface area contributed by atoms with Gasteiger partial charge in [0.2, 0.25) is 0 Å². The minimum Gasteiger partial charge on any atom is -0.385 e. The highest BCUT2D eigenvalue weighted by Gasteiger charge is 1.98. The molecule has 0 radical (unpaired) electrons. The van der Waals surface area contributed by atoms with E-state index in [9.17, 15) is 0 Å². The molecule has 9 heavy (non-hydrogen) atoms. The van der Waals surface area contributed by atoms with E-state index < -0.39 is 0 Å². The molecule has 0 saturated carbocycles. The lowest BCUT2D eigenvalue weighted by molar-refractivity contribution is 0.869. The number of anilines is 1. The Hall–Kier alpha value is -0.920. The molecule has 1 aromatic heterocycles. The van der Waals surface area contributed by atoms with E-state index in [1.54, 1.807) is 0 Å². The van der Waals surface area contributed by atoms with Gasteiger partial charge in [0.1, 0.15) is 5.82 Å². The standard InChI is InChI=1S/C7H12N2/c1-5(2)6-3-7(8)9-4-6/h3-5,9H,8H2,1-2H3. The highest BCUT2D eigenvalue weighted by atomic mass is 14.8. The summed E-state index contributed by atoms with van der Waals surface area (Å²) in [5, 5.41) is 0. The predicted molar refractivity (Wildman–Crippen MR) is 39.3 cm³/mol. The molecule has 2 nitrogen and oxygen atoms in total. The van der Waals surface area contributed by atoms with E-state index in [1.165, 1.54) is 5.56 Å². The summed E-state index contributed by atoms with van der Waals surface area (Å²) in [5.41, 5.74) is 6.73. The maximum atomic E-state index is 5.46. The van der Waals surface area contributed by atoms with Gasteiger partial charge in [-0.3, -0.25) is 0 Å². The minimum absolute atomic E-state index is 0.568. The van der Waals surface area contributed by atoms with Crippen molar-refractivity contribution in [2.75, 3.05) is 5.73 Å². The number of hydrogen-bond donors (Lipinski definition) is 2. The molecule has 0 spiro atoms. The Morgan fingerprint density at radius 2 is 2.22 bits per heavy atom. The lowest BCUT2D eigenvalue weighted by Gasteiger charge is -1.96. The van der Waals surface area contributed by atoms with E-state index in [2.05, 4.69) is 18.8 Å². The summed E-state index contributed by atoms with van der Waals surface area (Å²) in [5.74, 6) is 1.32. The highest BCUT2D eigenvalue weighted by molar-refractivity contribution is 5.34. The topological polar surface area (TPSA) is 41.8 Å². The molecule has 0 atom stereocenters. The molecule has 0 bridgehead atoms. The predicted octanol–water partition coefficient (Wildman–Crippen LogP) is 1.72. The van der Waals surface area contributed by atoms with Crippen molar-refractivity contribution in [2.45, 2.75) is 19.8 Å². The van der Waals surface area contributed by atoms with Crippen molar-refractivity contribution < 1.29 is 0 Å². The molecular weight excluding hydrogens is 112 g/mol. The van der Waals surface area contributed by atoms with Crippen LogP contribution in [0.5, 0.6) is 0 Å². The number of nitrogen functional groups attached to an aromatic ring is 1. The monoisotopic (exact) mass is 124 g/mol. The second-order valence-electron chi connectivity index (χ2n) is 2.54. The summed E-state index contributed by atoms with van der Waals surface area (Å²) in [6, 6.07) is 1.96. The second-order valence-corrected chi connectivity index (χ2v) is 2.54. The van der Waals surface area contributed by atoms with Crippen LogP contribution in [0, 0.1) is 0 Å². The van der Waals surface area contributed by atoms with Crippen LogP contribution in [0.15, 0.2) is 12.3 Å². The summed E-state index contributed by atoms with van der Waals surface area (Å²) in [7, 11) is 0. The van der Waals surface area contributed by atoms with Gasteiger partial charge in [-0.1, -0.05) is 13.8 Å². The fourth-order valence-electron chi connectivity index (χ4n) is 0.763. The van der Waals surface area contributed by atoms with Crippen LogP contribution < -0.4 is 5.73 Å². The van der Waals surface area contributed by atoms with Crippen molar-refractivity contribution in [1.82, 2.24) is 4.98 Å². The molecule has 0 aromatic carbocycles. The molecule has 3 N–H and O–H groups in total. The van der Waals surface area contributed by atoms with Crippen molar-refractivity contribution in [3.63, 3.8) is 0 Å². The first-order valence-electron chi connectivity index (χ1n) is 3.14. The molecule has 0 aliphatic rings. The maximum Gasteiger partial charge on any atom is 0.100 e. The Morgan fingerprint density at radius 3 is 2.44 bits per heavy atom. The van der Waals surface area contributed by atoms with E-state index in [4.69, 9.17) is 5.73 Å². The third-order valence-corrected chi connectivity index (χ3v) is 1.39. The molecule has 1 aromatic rings. The van der Waals surface area contributed by atoms with Gasteiger partial charge < -0.3 is 10.7 Å². The first-order valence-corrected chi connectivity index (χ1v) is 3.14. The number of nitrogens with one attached hydrogen (secondary N) is 1. The Balaban J connectivity index is 2.85. The van der Waals surface area contributed by atoms with Crippen LogP contribution >= 0.6 is 0 Å². The molecule has 2 heteroatoms. The smallest absolute Gasteiger partial charge is 0.100 e. The highest BCUT2D eigenvalue weighted by Crippen LogP contribution is 2.15. The average molecular weight is 124 g/mol. The molecule has 50 valence electrons. The lowest BCUT2D eigenvalue weighted by atomic mass is 10.1. The zero-order valence-electron chi connectivity index (χ0n) is 5.81. The summed E-state index contributed by atoms with van der Waals surface area (Å²) >= 11 is 0. The maximum absolute atomic E-state index is 5.46. The molecule has 0 fully saturated rings. The van der Waals surface area contributed by atoms with Gasteiger partial charge in [0.05, 0.1) is 0 Å². The molecule has 0 unspecified atom stereocenters. The molecule has 1 heterocycles. The number of aromatic nitrogens is 1. The van der Waals surface area contributed by atoms with Gasteiger partial charge in [-0.25, -0.2) is 0 Å². The van der Waals surface area contributed by atoms with Crippen molar-refractivity contribution in [2.24, 2.45) is 0 Å². The SMILES string of the molecule is CC(C)c1c[nH]c(N)c1. The van der Waals surface area contributed by atoms with Gasteiger partial charge in [-0.2, -0.15) is 0 Å². The van der Waals surface area contributed by atoms with Crippen LogP contribution in [0.4, 0.5) is 5.82 Å². The van der Waals surface area contributed by atoms with Crippen LogP contribution in [-0.4, -0.2) is 4.98 Å². The zero-order valence-corrected chi connectivity index (χ0v) is 5.81. The Bertz CT molecular complexity index is 189. The molecule has 0 aliphatic heterocycles. The fourth-order valence-corrected chi connectivity index (χ4v) is 0.763.